The fraction of sp³-hybridized carbons (Fsp3) is 0.500. The van der Waals surface area contributed by atoms with Gasteiger partial charge in [0, 0.05) is 35.0 Å². The summed E-state index contributed by atoms with van der Waals surface area (Å²) in [5, 5.41) is 6.44. The van der Waals surface area contributed by atoms with E-state index < -0.39 is 0 Å². The summed E-state index contributed by atoms with van der Waals surface area (Å²) in [7, 11) is 0. The number of hydrogen-bond acceptors (Lipinski definition) is 3. The zero-order valence-corrected chi connectivity index (χ0v) is 13.4. The summed E-state index contributed by atoms with van der Waals surface area (Å²) in [5.41, 5.74) is 1.13. The van der Waals surface area contributed by atoms with E-state index in [9.17, 15) is 4.79 Å². The summed E-state index contributed by atoms with van der Waals surface area (Å²) in [4.78, 5) is 12.0. The van der Waals surface area contributed by atoms with Crippen molar-refractivity contribution in [3.05, 3.63) is 34.3 Å². The molecule has 1 aliphatic rings. The average molecular weight is 343 g/mol. The van der Waals surface area contributed by atoms with Crippen LogP contribution in [-0.2, 0) is 4.79 Å². The van der Waals surface area contributed by atoms with E-state index in [4.69, 9.17) is 0 Å². The molecule has 0 saturated carbocycles. The summed E-state index contributed by atoms with van der Waals surface area (Å²) in [6.07, 6.45) is 0.563. The predicted octanol–water partition coefficient (Wildman–Crippen LogP) is 2.72. The molecule has 2 rings (SSSR count). The number of halogens is 1. The van der Waals surface area contributed by atoms with E-state index in [0.29, 0.717) is 12.5 Å². The Bertz CT molecular complexity index is 418. The molecule has 0 radical (unpaired) electrons. The van der Waals surface area contributed by atoms with Crippen molar-refractivity contribution in [2.24, 2.45) is 0 Å². The molecule has 0 spiro atoms. The lowest BCUT2D eigenvalue weighted by Gasteiger charge is -2.23. The molecule has 5 heteroatoms. The Morgan fingerprint density at radius 1 is 1.53 bits per heavy atom. The van der Waals surface area contributed by atoms with Gasteiger partial charge in [-0.15, -0.1) is 0 Å². The van der Waals surface area contributed by atoms with Crippen molar-refractivity contribution in [1.29, 1.82) is 0 Å². The third kappa shape index (κ3) is 4.82. The first kappa shape index (κ1) is 14.9. The van der Waals surface area contributed by atoms with Gasteiger partial charge in [-0.2, -0.15) is 11.8 Å². The van der Waals surface area contributed by atoms with Crippen LogP contribution in [0.1, 0.15) is 24.9 Å². The van der Waals surface area contributed by atoms with Crippen LogP contribution < -0.4 is 10.6 Å². The van der Waals surface area contributed by atoms with E-state index in [0.717, 1.165) is 28.1 Å². The van der Waals surface area contributed by atoms with Crippen LogP contribution in [0.3, 0.4) is 0 Å². The van der Waals surface area contributed by atoms with Gasteiger partial charge in [0.2, 0.25) is 5.91 Å². The van der Waals surface area contributed by atoms with Crippen molar-refractivity contribution >= 4 is 33.6 Å². The first-order valence-electron chi connectivity index (χ1n) is 6.51. The van der Waals surface area contributed by atoms with Crippen molar-refractivity contribution in [3.63, 3.8) is 0 Å². The molecule has 104 valence electrons. The predicted molar refractivity (Wildman–Crippen MR) is 84.4 cm³/mol. The molecule has 0 aliphatic carbocycles. The van der Waals surface area contributed by atoms with E-state index in [2.05, 4.69) is 26.6 Å². The Hall–Kier alpha value is -0.520. The number of thioether (sulfide) groups is 1. The maximum atomic E-state index is 12.0. The zero-order chi connectivity index (χ0) is 13.7. The van der Waals surface area contributed by atoms with Crippen LogP contribution in [0.25, 0.3) is 0 Å². The Kier molecular flexibility index (Phi) is 5.73. The van der Waals surface area contributed by atoms with Crippen molar-refractivity contribution in [2.45, 2.75) is 25.4 Å². The van der Waals surface area contributed by atoms with Crippen molar-refractivity contribution in [3.8, 4) is 0 Å². The number of benzene rings is 1. The fourth-order valence-electron chi connectivity index (χ4n) is 2.11. The van der Waals surface area contributed by atoms with E-state index in [1.165, 1.54) is 0 Å². The van der Waals surface area contributed by atoms with Crippen LogP contribution in [0.5, 0.6) is 0 Å². The second-order valence-corrected chi connectivity index (χ2v) is 6.84. The van der Waals surface area contributed by atoms with Crippen molar-refractivity contribution in [2.75, 3.05) is 18.1 Å². The molecule has 1 amide bonds. The Morgan fingerprint density at radius 2 is 2.26 bits per heavy atom. The second kappa shape index (κ2) is 7.31. The number of carbonyl (C=O) groups excluding carboxylic acids is 1. The van der Waals surface area contributed by atoms with Gasteiger partial charge in [0.1, 0.15) is 0 Å². The van der Waals surface area contributed by atoms with Crippen LogP contribution in [0.2, 0.25) is 0 Å². The fourth-order valence-corrected chi connectivity index (χ4v) is 3.32. The Balaban J connectivity index is 1.82. The van der Waals surface area contributed by atoms with Gasteiger partial charge in [0.25, 0.3) is 0 Å². The monoisotopic (exact) mass is 342 g/mol. The standard InChI is InChI=1S/C14H19BrN2OS/c1-10(11-2-4-12(15)5-3-11)17-14(18)8-13-9-19-7-6-16-13/h2-5,10,13,16H,6-9H2,1H3,(H,17,18)/t10-,13?/m0/s1. The molecule has 1 aliphatic heterocycles. The quantitative estimate of drug-likeness (QED) is 0.883. The lowest BCUT2D eigenvalue weighted by molar-refractivity contribution is -0.122. The first-order chi connectivity index (χ1) is 9.15. The smallest absolute Gasteiger partial charge is 0.222 e. The minimum Gasteiger partial charge on any atom is -0.350 e. The van der Waals surface area contributed by atoms with Crippen LogP contribution in [0.15, 0.2) is 28.7 Å². The van der Waals surface area contributed by atoms with E-state index in [-0.39, 0.29) is 11.9 Å². The number of amides is 1. The topological polar surface area (TPSA) is 41.1 Å². The average Bonchev–Trinajstić information content (AvgIpc) is 2.40. The number of carbonyl (C=O) groups is 1. The van der Waals surface area contributed by atoms with Crippen molar-refractivity contribution in [1.82, 2.24) is 10.6 Å². The largest absolute Gasteiger partial charge is 0.350 e. The molecule has 3 nitrogen and oxygen atoms in total. The van der Waals surface area contributed by atoms with Gasteiger partial charge in [0.15, 0.2) is 0 Å². The molecular weight excluding hydrogens is 324 g/mol. The molecule has 1 aromatic carbocycles. The SMILES string of the molecule is C[C@H](NC(=O)CC1CSCCN1)c1ccc(Br)cc1. The Morgan fingerprint density at radius 3 is 2.89 bits per heavy atom. The summed E-state index contributed by atoms with van der Waals surface area (Å²) in [5.74, 6) is 2.29. The molecule has 1 unspecified atom stereocenters. The van der Waals surface area contributed by atoms with Crippen molar-refractivity contribution < 1.29 is 4.79 Å². The number of rotatable bonds is 4. The highest BCUT2D eigenvalue weighted by atomic mass is 79.9. The van der Waals surface area contributed by atoms with Gasteiger partial charge in [0.05, 0.1) is 6.04 Å². The number of nitrogens with one attached hydrogen (secondary N) is 2. The molecule has 2 N–H and O–H groups in total. The molecule has 19 heavy (non-hydrogen) atoms. The normalized spacial score (nSPS) is 20.8. The Labute approximate surface area is 127 Å². The van der Waals surface area contributed by atoms with Gasteiger partial charge < -0.3 is 10.6 Å². The van der Waals surface area contributed by atoms with E-state index >= 15 is 0 Å². The van der Waals surface area contributed by atoms with E-state index in [1.54, 1.807) is 0 Å². The lowest BCUT2D eigenvalue weighted by Crippen LogP contribution is -2.41. The highest BCUT2D eigenvalue weighted by Gasteiger charge is 2.18. The molecule has 1 aromatic rings. The minimum absolute atomic E-state index is 0.0526. The maximum absolute atomic E-state index is 12.0. The highest BCUT2D eigenvalue weighted by molar-refractivity contribution is 9.10. The highest BCUT2D eigenvalue weighted by Crippen LogP contribution is 2.17. The summed E-state index contributed by atoms with van der Waals surface area (Å²) >= 11 is 5.33. The molecule has 1 saturated heterocycles. The third-order valence-corrected chi connectivity index (χ3v) is 4.84. The summed E-state index contributed by atoms with van der Waals surface area (Å²) < 4.78 is 1.05. The molecule has 2 atom stereocenters. The molecule has 1 fully saturated rings. The van der Waals surface area contributed by atoms with Gasteiger partial charge in [-0.25, -0.2) is 0 Å². The van der Waals surface area contributed by atoms with Crippen LogP contribution in [-0.4, -0.2) is 30.0 Å². The van der Waals surface area contributed by atoms with Gasteiger partial charge in [-0.3, -0.25) is 4.79 Å². The van der Waals surface area contributed by atoms with Crippen LogP contribution in [0.4, 0.5) is 0 Å². The molecule has 0 bridgehead atoms. The first-order valence-corrected chi connectivity index (χ1v) is 8.46. The van der Waals surface area contributed by atoms with Gasteiger partial charge >= 0.3 is 0 Å². The zero-order valence-electron chi connectivity index (χ0n) is 11.0. The summed E-state index contributed by atoms with van der Waals surface area (Å²) in [6, 6.07) is 8.43. The molecule has 0 aromatic heterocycles. The molecule has 1 heterocycles. The lowest BCUT2D eigenvalue weighted by atomic mass is 10.1. The van der Waals surface area contributed by atoms with Gasteiger partial charge in [-0.05, 0) is 24.6 Å². The number of hydrogen-bond donors (Lipinski definition) is 2. The van der Waals surface area contributed by atoms with Gasteiger partial charge in [-0.1, -0.05) is 28.1 Å². The van der Waals surface area contributed by atoms with Crippen LogP contribution in [0, 0.1) is 0 Å². The minimum atomic E-state index is 0.0526. The molecular formula is C14H19BrN2OS. The summed E-state index contributed by atoms with van der Waals surface area (Å²) in [6.45, 7) is 3.02. The maximum Gasteiger partial charge on any atom is 0.222 e. The van der Waals surface area contributed by atoms with E-state index in [1.807, 2.05) is 43.0 Å². The van der Waals surface area contributed by atoms with Crippen LogP contribution >= 0.6 is 27.7 Å². The third-order valence-electron chi connectivity index (χ3n) is 3.18. The second-order valence-electron chi connectivity index (χ2n) is 4.77.